The van der Waals surface area contributed by atoms with E-state index in [2.05, 4.69) is 41.2 Å². The quantitative estimate of drug-likeness (QED) is 0.899. The van der Waals surface area contributed by atoms with Crippen molar-refractivity contribution in [3.05, 3.63) is 58.7 Å². The number of rotatable bonds is 3. The molecule has 0 bridgehead atoms. The average Bonchev–Trinajstić information content (AvgIpc) is 2.32. The van der Waals surface area contributed by atoms with Crippen molar-refractivity contribution in [2.75, 3.05) is 0 Å². The smallest absolute Gasteiger partial charge is 0.132 e. The van der Waals surface area contributed by atoms with E-state index in [0.717, 1.165) is 23.5 Å². The predicted octanol–water partition coefficient (Wildman–Crippen LogP) is 2.70. The lowest BCUT2D eigenvalue weighted by Gasteiger charge is -2.09. The lowest BCUT2D eigenvalue weighted by Crippen LogP contribution is -2.10. The zero-order chi connectivity index (χ0) is 13.1. The maximum Gasteiger partial charge on any atom is 0.132 e. The van der Waals surface area contributed by atoms with Gasteiger partial charge in [-0.1, -0.05) is 29.8 Å². The number of nitrogens with two attached hydrogens (primary N) is 1. The Kier molecular flexibility index (Phi) is 3.72. The second-order valence-corrected chi connectivity index (χ2v) is 4.78. The number of hydrogen-bond donors (Lipinski definition) is 1. The predicted molar refractivity (Wildman–Crippen MR) is 73.4 cm³/mol. The minimum absolute atomic E-state index is 0.0153. The van der Waals surface area contributed by atoms with E-state index in [-0.39, 0.29) is 6.04 Å². The average molecular weight is 241 g/mol. The van der Waals surface area contributed by atoms with Crippen molar-refractivity contribution in [3.8, 4) is 0 Å². The Morgan fingerprint density at radius 2 is 1.83 bits per heavy atom. The molecule has 0 aliphatic rings. The molecular formula is C15H19N3. The van der Waals surface area contributed by atoms with Crippen molar-refractivity contribution in [1.82, 2.24) is 9.97 Å². The molecule has 0 spiro atoms. The normalized spacial score (nSPS) is 12.4. The first-order chi connectivity index (χ1) is 8.56. The fourth-order valence-electron chi connectivity index (χ4n) is 1.95. The van der Waals surface area contributed by atoms with E-state index in [1.165, 1.54) is 11.1 Å². The largest absolute Gasteiger partial charge is 0.324 e. The highest BCUT2D eigenvalue weighted by molar-refractivity contribution is 5.25. The van der Waals surface area contributed by atoms with Gasteiger partial charge >= 0.3 is 0 Å². The third-order valence-electron chi connectivity index (χ3n) is 3.04. The van der Waals surface area contributed by atoms with Crippen molar-refractivity contribution in [2.45, 2.75) is 33.2 Å². The lowest BCUT2D eigenvalue weighted by molar-refractivity contribution is 0.777. The molecule has 0 saturated carbocycles. The van der Waals surface area contributed by atoms with Gasteiger partial charge in [0.25, 0.3) is 0 Å². The van der Waals surface area contributed by atoms with E-state index in [1.54, 1.807) is 0 Å². The van der Waals surface area contributed by atoms with Gasteiger partial charge in [0.2, 0.25) is 0 Å². The van der Waals surface area contributed by atoms with Crippen molar-refractivity contribution >= 4 is 0 Å². The van der Waals surface area contributed by atoms with Gasteiger partial charge < -0.3 is 5.73 Å². The second kappa shape index (κ2) is 5.27. The standard InChI is InChI=1S/C15H19N3/c1-10-4-6-13(7-5-10)8-15-17-9-14(11(2)16)12(3)18-15/h4-7,9,11H,8,16H2,1-3H3/t11-/m0/s1. The van der Waals surface area contributed by atoms with Crippen LogP contribution in [0, 0.1) is 13.8 Å². The van der Waals surface area contributed by atoms with E-state index < -0.39 is 0 Å². The molecule has 0 fully saturated rings. The molecule has 0 saturated heterocycles. The summed E-state index contributed by atoms with van der Waals surface area (Å²) >= 11 is 0. The Morgan fingerprint density at radius 1 is 1.17 bits per heavy atom. The number of hydrogen-bond acceptors (Lipinski definition) is 3. The zero-order valence-corrected chi connectivity index (χ0v) is 11.1. The van der Waals surface area contributed by atoms with Gasteiger partial charge in [0, 0.05) is 29.9 Å². The van der Waals surface area contributed by atoms with Crippen LogP contribution >= 0.6 is 0 Å². The van der Waals surface area contributed by atoms with Crippen LogP contribution in [0.25, 0.3) is 0 Å². The summed E-state index contributed by atoms with van der Waals surface area (Å²) in [7, 11) is 0. The number of nitrogens with zero attached hydrogens (tertiary/aromatic N) is 2. The van der Waals surface area contributed by atoms with Crippen molar-refractivity contribution in [1.29, 1.82) is 0 Å². The maximum absolute atomic E-state index is 5.85. The Bertz CT molecular complexity index is 530. The molecule has 1 heterocycles. The van der Waals surface area contributed by atoms with Gasteiger partial charge in [0.05, 0.1) is 0 Å². The Labute approximate surface area is 108 Å². The fourth-order valence-corrected chi connectivity index (χ4v) is 1.95. The van der Waals surface area contributed by atoms with E-state index in [1.807, 2.05) is 20.0 Å². The molecule has 0 aliphatic heterocycles. The number of aryl methyl sites for hydroxylation is 2. The number of benzene rings is 1. The summed E-state index contributed by atoms with van der Waals surface area (Å²) in [6.45, 7) is 6.02. The highest BCUT2D eigenvalue weighted by Gasteiger charge is 2.07. The molecule has 0 amide bonds. The van der Waals surface area contributed by atoms with Gasteiger partial charge in [-0.2, -0.15) is 0 Å². The first-order valence-electron chi connectivity index (χ1n) is 6.20. The van der Waals surface area contributed by atoms with Crippen molar-refractivity contribution in [3.63, 3.8) is 0 Å². The first-order valence-corrected chi connectivity index (χ1v) is 6.20. The van der Waals surface area contributed by atoms with Crippen LogP contribution in [-0.4, -0.2) is 9.97 Å². The monoisotopic (exact) mass is 241 g/mol. The van der Waals surface area contributed by atoms with E-state index in [9.17, 15) is 0 Å². The van der Waals surface area contributed by atoms with Crippen LogP contribution in [0.3, 0.4) is 0 Å². The molecule has 2 N–H and O–H groups in total. The molecule has 18 heavy (non-hydrogen) atoms. The Morgan fingerprint density at radius 3 is 2.39 bits per heavy atom. The van der Waals surface area contributed by atoms with Crippen LogP contribution in [-0.2, 0) is 6.42 Å². The topological polar surface area (TPSA) is 51.8 Å². The second-order valence-electron chi connectivity index (χ2n) is 4.78. The van der Waals surface area contributed by atoms with E-state index >= 15 is 0 Å². The summed E-state index contributed by atoms with van der Waals surface area (Å²) in [6, 6.07) is 8.44. The molecular weight excluding hydrogens is 222 g/mol. The van der Waals surface area contributed by atoms with E-state index in [0.29, 0.717) is 0 Å². The van der Waals surface area contributed by atoms with E-state index in [4.69, 9.17) is 5.73 Å². The third kappa shape index (κ3) is 2.93. The van der Waals surface area contributed by atoms with Crippen LogP contribution < -0.4 is 5.73 Å². The molecule has 1 aromatic heterocycles. The van der Waals surface area contributed by atoms with Gasteiger partial charge in [-0.05, 0) is 26.3 Å². The summed E-state index contributed by atoms with van der Waals surface area (Å²) in [6.07, 6.45) is 2.61. The van der Waals surface area contributed by atoms with Crippen LogP contribution in [0.1, 0.15) is 41.2 Å². The summed E-state index contributed by atoms with van der Waals surface area (Å²) in [5.41, 5.74) is 10.3. The molecule has 1 aromatic carbocycles. The van der Waals surface area contributed by atoms with Gasteiger partial charge in [0.1, 0.15) is 5.82 Å². The van der Waals surface area contributed by atoms with Crippen LogP contribution in [0.2, 0.25) is 0 Å². The molecule has 3 heteroatoms. The van der Waals surface area contributed by atoms with Crippen molar-refractivity contribution < 1.29 is 0 Å². The minimum Gasteiger partial charge on any atom is -0.324 e. The molecule has 0 unspecified atom stereocenters. The SMILES string of the molecule is Cc1ccc(Cc2ncc([C@H](C)N)c(C)n2)cc1. The maximum atomic E-state index is 5.85. The number of aromatic nitrogens is 2. The molecule has 94 valence electrons. The molecule has 2 aromatic rings. The highest BCUT2D eigenvalue weighted by atomic mass is 14.9. The van der Waals surface area contributed by atoms with Crippen LogP contribution in [0.15, 0.2) is 30.5 Å². The minimum atomic E-state index is -0.0153. The first kappa shape index (κ1) is 12.7. The molecule has 3 nitrogen and oxygen atoms in total. The molecule has 0 radical (unpaired) electrons. The summed E-state index contributed by atoms with van der Waals surface area (Å²) in [5.74, 6) is 0.848. The van der Waals surface area contributed by atoms with Crippen LogP contribution in [0.5, 0.6) is 0 Å². The lowest BCUT2D eigenvalue weighted by atomic mass is 10.1. The Hall–Kier alpha value is -1.74. The summed E-state index contributed by atoms with van der Waals surface area (Å²) < 4.78 is 0. The molecule has 2 rings (SSSR count). The molecule has 1 atom stereocenters. The summed E-state index contributed by atoms with van der Waals surface area (Å²) in [4.78, 5) is 8.91. The van der Waals surface area contributed by atoms with Gasteiger partial charge in [-0.15, -0.1) is 0 Å². The van der Waals surface area contributed by atoms with Crippen molar-refractivity contribution in [2.24, 2.45) is 5.73 Å². The summed E-state index contributed by atoms with van der Waals surface area (Å²) in [5, 5.41) is 0. The zero-order valence-electron chi connectivity index (χ0n) is 11.1. The van der Waals surface area contributed by atoms with Gasteiger partial charge in [-0.25, -0.2) is 9.97 Å². The highest BCUT2D eigenvalue weighted by Crippen LogP contribution is 2.14. The Balaban J connectivity index is 2.20. The third-order valence-corrected chi connectivity index (χ3v) is 3.04. The molecule has 0 aliphatic carbocycles. The van der Waals surface area contributed by atoms with Crippen LogP contribution in [0.4, 0.5) is 0 Å². The fraction of sp³-hybridized carbons (Fsp3) is 0.333. The van der Waals surface area contributed by atoms with Gasteiger partial charge in [-0.3, -0.25) is 0 Å². The van der Waals surface area contributed by atoms with Gasteiger partial charge in [0.15, 0.2) is 0 Å².